The van der Waals surface area contributed by atoms with Gasteiger partial charge < -0.3 is 9.47 Å². The van der Waals surface area contributed by atoms with Crippen molar-refractivity contribution in [3.05, 3.63) is 12.2 Å². The number of rotatable bonds is 4. The highest BCUT2D eigenvalue weighted by molar-refractivity contribution is 5.89. The summed E-state index contributed by atoms with van der Waals surface area (Å²) in [5.41, 5.74) is 0.150. The lowest BCUT2D eigenvalue weighted by molar-refractivity contribution is -0.146. The molecule has 74 valence electrons. The summed E-state index contributed by atoms with van der Waals surface area (Å²) < 4.78 is 9.42. The van der Waals surface area contributed by atoms with Crippen molar-refractivity contribution in [3.8, 4) is 0 Å². The summed E-state index contributed by atoms with van der Waals surface area (Å²) in [4.78, 5) is 21.6. The van der Waals surface area contributed by atoms with E-state index in [1.807, 2.05) is 0 Å². The largest absolute Gasteiger partial charge is 0.463 e. The first-order valence-electron chi connectivity index (χ1n) is 4.02. The van der Waals surface area contributed by atoms with Gasteiger partial charge in [-0.1, -0.05) is 6.58 Å². The molecule has 0 aromatic carbocycles. The fourth-order valence-electron chi connectivity index (χ4n) is 0.710. The predicted octanol–water partition coefficient (Wildman–Crippen LogP) is 1.06. The Kier molecular flexibility index (Phi) is 4.80. The number of ether oxygens (including phenoxy) is 2. The van der Waals surface area contributed by atoms with Gasteiger partial charge in [-0.25, -0.2) is 4.79 Å². The van der Waals surface area contributed by atoms with Crippen LogP contribution in [0.1, 0.15) is 20.8 Å². The van der Waals surface area contributed by atoms with Gasteiger partial charge in [0.2, 0.25) is 0 Å². The van der Waals surface area contributed by atoms with Crippen LogP contribution >= 0.6 is 0 Å². The van der Waals surface area contributed by atoms with E-state index in [2.05, 4.69) is 11.3 Å². The smallest absolute Gasteiger partial charge is 0.337 e. The van der Waals surface area contributed by atoms with Crippen molar-refractivity contribution in [1.82, 2.24) is 0 Å². The van der Waals surface area contributed by atoms with Crippen LogP contribution in [0.25, 0.3) is 0 Å². The second-order valence-electron chi connectivity index (χ2n) is 2.50. The highest BCUT2D eigenvalue weighted by Gasteiger charge is 2.17. The molecule has 4 nitrogen and oxygen atoms in total. The second kappa shape index (κ2) is 5.35. The molecule has 1 atom stereocenters. The molecule has 0 aliphatic heterocycles. The molecule has 0 saturated heterocycles. The molecular weight excluding hydrogens is 172 g/mol. The molecule has 0 radical (unpaired) electrons. The number of carbonyl (C=O) groups is 2. The van der Waals surface area contributed by atoms with Crippen molar-refractivity contribution in [2.75, 3.05) is 6.61 Å². The van der Waals surface area contributed by atoms with Gasteiger partial charge in [0.05, 0.1) is 12.2 Å². The number of hydrogen-bond donors (Lipinski definition) is 0. The summed E-state index contributed by atoms with van der Waals surface area (Å²) in [7, 11) is 0. The maximum Gasteiger partial charge on any atom is 0.337 e. The zero-order valence-electron chi connectivity index (χ0n) is 8.12. The van der Waals surface area contributed by atoms with E-state index in [9.17, 15) is 9.59 Å². The minimum Gasteiger partial charge on any atom is -0.463 e. The molecule has 0 aliphatic rings. The van der Waals surface area contributed by atoms with Crippen LogP contribution in [-0.4, -0.2) is 24.6 Å². The zero-order chi connectivity index (χ0) is 10.4. The van der Waals surface area contributed by atoms with E-state index in [-0.39, 0.29) is 12.2 Å². The SMILES string of the molecule is C=C(C(=O)OCC)[C@@H](C)OC(C)=O. The molecule has 0 heterocycles. The molecule has 4 heteroatoms. The van der Waals surface area contributed by atoms with Gasteiger partial charge in [0.15, 0.2) is 0 Å². The van der Waals surface area contributed by atoms with E-state index < -0.39 is 18.0 Å². The molecule has 0 N–H and O–H groups in total. The summed E-state index contributed by atoms with van der Waals surface area (Å²) in [5, 5.41) is 0. The van der Waals surface area contributed by atoms with Crippen LogP contribution < -0.4 is 0 Å². The van der Waals surface area contributed by atoms with Crippen LogP contribution in [-0.2, 0) is 19.1 Å². The van der Waals surface area contributed by atoms with Crippen LogP contribution in [0.2, 0.25) is 0 Å². The van der Waals surface area contributed by atoms with E-state index in [1.165, 1.54) is 6.92 Å². The summed E-state index contributed by atoms with van der Waals surface area (Å²) in [6.07, 6.45) is -0.628. The highest BCUT2D eigenvalue weighted by Crippen LogP contribution is 2.06. The van der Waals surface area contributed by atoms with Crippen molar-refractivity contribution >= 4 is 11.9 Å². The fourth-order valence-corrected chi connectivity index (χ4v) is 0.710. The minimum absolute atomic E-state index is 0.150. The minimum atomic E-state index is -0.628. The maximum atomic E-state index is 11.1. The Hall–Kier alpha value is -1.32. The Bertz CT molecular complexity index is 220. The van der Waals surface area contributed by atoms with Gasteiger partial charge in [-0.15, -0.1) is 0 Å². The van der Waals surface area contributed by atoms with Crippen molar-refractivity contribution in [2.24, 2.45) is 0 Å². The Morgan fingerprint density at radius 2 is 2.00 bits per heavy atom. The molecule has 0 bridgehead atoms. The normalized spacial score (nSPS) is 11.6. The highest BCUT2D eigenvalue weighted by atomic mass is 16.6. The standard InChI is InChI=1S/C9H14O4/c1-5-12-9(11)6(2)7(3)13-8(4)10/h7H,2,5H2,1,3-4H3/t7-/m1/s1. The van der Waals surface area contributed by atoms with Crippen molar-refractivity contribution in [2.45, 2.75) is 26.9 Å². The molecule has 0 aromatic rings. The Balaban J connectivity index is 4.09. The van der Waals surface area contributed by atoms with Gasteiger partial charge in [0.25, 0.3) is 0 Å². The van der Waals surface area contributed by atoms with Gasteiger partial charge in [-0.3, -0.25) is 4.79 Å². The quantitative estimate of drug-likeness (QED) is 0.486. The number of hydrogen-bond acceptors (Lipinski definition) is 4. The van der Waals surface area contributed by atoms with Gasteiger partial charge in [-0.05, 0) is 13.8 Å². The Morgan fingerprint density at radius 3 is 2.38 bits per heavy atom. The molecule has 0 aliphatic carbocycles. The van der Waals surface area contributed by atoms with Crippen LogP contribution in [0.5, 0.6) is 0 Å². The molecule has 0 unspecified atom stereocenters. The summed E-state index contributed by atoms with van der Waals surface area (Å²) in [5.74, 6) is -0.978. The molecule has 0 fully saturated rings. The lowest BCUT2D eigenvalue weighted by atomic mass is 10.2. The molecule has 0 aromatic heterocycles. The van der Waals surface area contributed by atoms with E-state index in [1.54, 1.807) is 13.8 Å². The van der Waals surface area contributed by atoms with Crippen LogP contribution in [0.4, 0.5) is 0 Å². The van der Waals surface area contributed by atoms with Gasteiger partial charge in [-0.2, -0.15) is 0 Å². The third-order valence-electron chi connectivity index (χ3n) is 1.37. The lowest BCUT2D eigenvalue weighted by Gasteiger charge is -2.12. The second-order valence-corrected chi connectivity index (χ2v) is 2.50. The zero-order valence-corrected chi connectivity index (χ0v) is 8.12. The number of esters is 2. The third-order valence-corrected chi connectivity index (χ3v) is 1.37. The van der Waals surface area contributed by atoms with Crippen LogP contribution in [0, 0.1) is 0 Å². The van der Waals surface area contributed by atoms with Crippen molar-refractivity contribution in [3.63, 3.8) is 0 Å². The maximum absolute atomic E-state index is 11.1. The topological polar surface area (TPSA) is 52.6 Å². The summed E-state index contributed by atoms with van der Waals surface area (Å²) in [6.45, 7) is 8.30. The van der Waals surface area contributed by atoms with E-state index in [0.717, 1.165) is 0 Å². The predicted molar refractivity (Wildman–Crippen MR) is 47.0 cm³/mol. The molecule has 0 rings (SSSR count). The Labute approximate surface area is 77.5 Å². The van der Waals surface area contributed by atoms with Gasteiger partial charge in [0, 0.05) is 6.92 Å². The summed E-state index contributed by atoms with van der Waals surface area (Å²) in [6, 6.07) is 0. The van der Waals surface area contributed by atoms with E-state index in [4.69, 9.17) is 4.74 Å². The first-order chi connectivity index (χ1) is 5.99. The van der Waals surface area contributed by atoms with Crippen molar-refractivity contribution in [1.29, 1.82) is 0 Å². The lowest BCUT2D eigenvalue weighted by Crippen LogP contribution is -2.21. The van der Waals surface area contributed by atoms with Crippen molar-refractivity contribution < 1.29 is 19.1 Å². The van der Waals surface area contributed by atoms with Gasteiger partial charge >= 0.3 is 11.9 Å². The third kappa shape index (κ3) is 4.30. The average Bonchev–Trinajstić information content (AvgIpc) is 2.02. The molecule has 0 spiro atoms. The molecule has 0 saturated carbocycles. The molecule has 13 heavy (non-hydrogen) atoms. The Morgan fingerprint density at radius 1 is 1.46 bits per heavy atom. The van der Waals surface area contributed by atoms with Gasteiger partial charge in [0.1, 0.15) is 6.10 Å². The first kappa shape index (κ1) is 11.7. The molecule has 0 amide bonds. The van der Waals surface area contributed by atoms with E-state index >= 15 is 0 Å². The van der Waals surface area contributed by atoms with Crippen LogP contribution in [0.3, 0.4) is 0 Å². The average molecular weight is 186 g/mol. The number of carbonyl (C=O) groups excluding carboxylic acids is 2. The summed E-state index contributed by atoms with van der Waals surface area (Å²) >= 11 is 0. The van der Waals surface area contributed by atoms with Crippen LogP contribution in [0.15, 0.2) is 12.2 Å². The fraction of sp³-hybridized carbons (Fsp3) is 0.556. The molecular formula is C9H14O4. The first-order valence-corrected chi connectivity index (χ1v) is 4.02. The van der Waals surface area contributed by atoms with E-state index in [0.29, 0.717) is 0 Å². The monoisotopic (exact) mass is 186 g/mol.